The van der Waals surface area contributed by atoms with Crippen molar-refractivity contribution >= 4 is 29.9 Å². The molecule has 1 aliphatic carbocycles. The summed E-state index contributed by atoms with van der Waals surface area (Å²) in [5.74, 6) is 3.99. The Morgan fingerprint density at radius 2 is 2.00 bits per heavy atom. The van der Waals surface area contributed by atoms with Crippen LogP contribution in [0, 0.1) is 5.92 Å². The van der Waals surface area contributed by atoms with Crippen LogP contribution in [0.15, 0.2) is 4.99 Å². The van der Waals surface area contributed by atoms with Crippen molar-refractivity contribution in [2.75, 3.05) is 13.6 Å². The van der Waals surface area contributed by atoms with Gasteiger partial charge in [0, 0.05) is 26.6 Å². The Hall–Kier alpha value is -0.860. The normalized spacial score (nSPS) is 18.1. The maximum Gasteiger partial charge on any atom is 0.191 e. The topological polar surface area (TPSA) is 67.1 Å². The third-order valence-corrected chi connectivity index (χ3v) is 5.13. The van der Waals surface area contributed by atoms with E-state index in [0.29, 0.717) is 6.54 Å². The van der Waals surface area contributed by atoms with Crippen LogP contribution >= 0.6 is 24.0 Å². The molecule has 0 saturated heterocycles. The number of fused-ring (bicyclic) bond motifs is 1. The first-order chi connectivity index (χ1) is 11.4. The van der Waals surface area contributed by atoms with Crippen LogP contribution in [0.25, 0.3) is 0 Å². The van der Waals surface area contributed by atoms with Crippen LogP contribution in [0.5, 0.6) is 0 Å². The van der Waals surface area contributed by atoms with Crippen LogP contribution in [0.2, 0.25) is 0 Å². The first-order valence-corrected chi connectivity index (χ1v) is 9.22. The molecule has 2 heterocycles. The molecule has 1 aliphatic heterocycles. The van der Waals surface area contributed by atoms with E-state index in [0.717, 1.165) is 43.0 Å². The number of aryl methyl sites for hydroxylation is 1. The van der Waals surface area contributed by atoms with Crippen molar-refractivity contribution in [2.45, 2.75) is 70.9 Å². The second-order valence-corrected chi connectivity index (χ2v) is 6.79. The molecular weight excluding hydrogens is 415 g/mol. The first kappa shape index (κ1) is 19.5. The minimum absolute atomic E-state index is 0. The van der Waals surface area contributed by atoms with Gasteiger partial charge in [-0.05, 0) is 31.6 Å². The van der Waals surface area contributed by atoms with E-state index in [4.69, 9.17) is 0 Å². The quantitative estimate of drug-likeness (QED) is 0.305. The van der Waals surface area contributed by atoms with Gasteiger partial charge in [-0.1, -0.05) is 25.7 Å². The third kappa shape index (κ3) is 5.32. The number of aromatic nitrogens is 3. The van der Waals surface area contributed by atoms with Crippen molar-refractivity contribution in [2.24, 2.45) is 10.9 Å². The predicted molar refractivity (Wildman–Crippen MR) is 108 cm³/mol. The number of halogens is 1. The Kier molecular flexibility index (Phi) is 8.28. The van der Waals surface area contributed by atoms with Crippen molar-refractivity contribution in [3.63, 3.8) is 0 Å². The molecule has 136 valence electrons. The maximum atomic E-state index is 4.32. The molecule has 0 aromatic carbocycles. The van der Waals surface area contributed by atoms with E-state index < -0.39 is 0 Å². The van der Waals surface area contributed by atoms with E-state index in [-0.39, 0.29) is 24.0 Å². The number of nitrogens with one attached hydrogen (secondary N) is 2. The number of hydrogen-bond donors (Lipinski definition) is 2. The zero-order valence-corrected chi connectivity index (χ0v) is 17.1. The molecule has 24 heavy (non-hydrogen) atoms. The van der Waals surface area contributed by atoms with E-state index in [9.17, 15) is 0 Å². The lowest BCUT2D eigenvalue weighted by Gasteiger charge is -2.16. The van der Waals surface area contributed by atoms with Gasteiger partial charge < -0.3 is 15.2 Å². The monoisotopic (exact) mass is 446 g/mol. The highest BCUT2D eigenvalue weighted by Crippen LogP contribution is 2.28. The summed E-state index contributed by atoms with van der Waals surface area (Å²) in [6.07, 6.45) is 11.8. The lowest BCUT2D eigenvalue weighted by atomic mass is 10.0. The number of guanidine groups is 1. The molecule has 2 aliphatic rings. The minimum Gasteiger partial charge on any atom is -0.356 e. The molecule has 0 bridgehead atoms. The Balaban J connectivity index is 0.00000208. The molecule has 0 unspecified atom stereocenters. The Morgan fingerprint density at radius 1 is 1.17 bits per heavy atom. The van der Waals surface area contributed by atoms with Gasteiger partial charge in [-0.25, -0.2) is 0 Å². The van der Waals surface area contributed by atoms with Crippen molar-refractivity contribution in [1.29, 1.82) is 0 Å². The van der Waals surface area contributed by atoms with Crippen LogP contribution in [-0.4, -0.2) is 34.3 Å². The highest BCUT2D eigenvalue weighted by molar-refractivity contribution is 14.0. The Bertz CT molecular complexity index is 521. The van der Waals surface area contributed by atoms with Crippen LogP contribution in [0.3, 0.4) is 0 Å². The van der Waals surface area contributed by atoms with Crippen molar-refractivity contribution in [1.82, 2.24) is 25.4 Å². The summed E-state index contributed by atoms with van der Waals surface area (Å²) in [5, 5.41) is 15.4. The average Bonchev–Trinajstić information content (AvgIpc) is 3.24. The summed E-state index contributed by atoms with van der Waals surface area (Å²) in [5.41, 5.74) is 0. The van der Waals surface area contributed by atoms with Crippen LogP contribution in [0.4, 0.5) is 0 Å². The molecule has 0 radical (unpaired) electrons. The average molecular weight is 446 g/mol. The molecule has 1 aromatic heterocycles. The van der Waals surface area contributed by atoms with Gasteiger partial charge in [-0.3, -0.25) is 4.99 Å². The van der Waals surface area contributed by atoms with Gasteiger partial charge in [0.15, 0.2) is 11.8 Å². The summed E-state index contributed by atoms with van der Waals surface area (Å²) < 4.78 is 2.25. The molecule has 0 spiro atoms. The van der Waals surface area contributed by atoms with Gasteiger partial charge in [0.2, 0.25) is 0 Å². The largest absolute Gasteiger partial charge is 0.356 e. The summed E-state index contributed by atoms with van der Waals surface area (Å²) in [7, 11) is 1.82. The summed E-state index contributed by atoms with van der Waals surface area (Å²) in [6, 6.07) is 0. The van der Waals surface area contributed by atoms with Gasteiger partial charge in [0.05, 0.1) is 6.54 Å². The molecule has 1 aromatic rings. The van der Waals surface area contributed by atoms with E-state index in [1.54, 1.807) is 0 Å². The van der Waals surface area contributed by atoms with Crippen molar-refractivity contribution in [3.05, 3.63) is 11.6 Å². The first-order valence-electron chi connectivity index (χ1n) is 9.22. The van der Waals surface area contributed by atoms with E-state index in [1.165, 1.54) is 51.4 Å². The number of rotatable bonds is 6. The molecule has 6 nitrogen and oxygen atoms in total. The minimum atomic E-state index is 0. The Morgan fingerprint density at radius 3 is 2.79 bits per heavy atom. The van der Waals surface area contributed by atoms with E-state index in [1.807, 2.05) is 7.05 Å². The lowest BCUT2D eigenvalue weighted by Crippen LogP contribution is -2.38. The molecule has 3 rings (SSSR count). The molecule has 1 saturated carbocycles. The summed E-state index contributed by atoms with van der Waals surface area (Å²) in [6.45, 7) is 2.73. The summed E-state index contributed by atoms with van der Waals surface area (Å²) >= 11 is 0. The number of nitrogens with zero attached hydrogens (tertiary/aromatic N) is 4. The fraction of sp³-hybridized carbons (Fsp3) is 0.824. The van der Waals surface area contributed by atoms with Gasteiger partial charge in [0.1, 0.15) is 5.82 Å². The standard InChI is InChI=1S/C17H30N6.HI/c1-18-17(19-11-6-9-14-7-2-3-8-14)20-13-16-22-21-15-10-4-5-12-23(15)16;/h14H,2-13H2,1H3,(H2,18,19,20);1H. The second kappa shape index (κ2) is 10.2. The molecule has 1 fully saturated rings. The fourth-order valence-electron chi connectivity index (χ4n) is 3.78. The van der Waals surface area contributed by atoms with Gasteiger partial charge >= 0.3 is 0 Å². The molecule has 0 atom stereocenters. The van der Waals surface area contributed by atoms with Crippen molar-refractivity contribution < 1.29 is 0 Å². The smallest absolute Gasteiger partial charge is 0.191 e. The van der Waals surface area contributed by atoms with E-state index >= 15 is 0 Å². The van der Waals surface area contributed by atoms with Crippen molar-refractivity contribution in [3.8, 4) is 0 Å². The van der Waals surface area contributed by atoms with E-state index in [2.05, 4.69) is 30.4 Å². The van der Waals surface area contributed by atoms with Gasteiger partial charge in [-0.15, -0.1) is 34.2 Å². The Labute approximate surface area is 162 Å². The SMILES string of the molecule is CN=C(NCCCC1CCCC1)NCc1nnc2n1CCCC2.I. The summed E-state index contributed by atoms with van der Waals surface area (Å²) in [4.78, 5) is 4.31. The fourth-order valence-corrected chi connectivity index (χ4v) is 3.78. The maximum absolute atomic E-state index is 4.32. The number of hydrogen-bond acceptors (Lipinski definition) is 3. The van der Waals surface area contributed by atoms with Gasteiger partial charge in [-0.2, -0.15) is 0 Å². The zero-order valence-electron chi connectivity index (χ0n) is 14.8. The van der Waals surface area contributed by atoms with Crippen LogP contribution in [0.1, 0.15) is 63.0 Å². The number of aliphatic imine (C=N–C) groups is 1. The van der Waals surface area contributed by atoms with Crippen LogP contribution < -0.4 is 10.6 Å². The molecule has 2 N–H and O–H groups in total. The molecular formula is C17H31IN6. The third-order valence-electron chi connectivity index (χ3n) is 5.13. The highest BCUT2D eigenvalue weighted by Gasteiger charge is 2.16. The zero-order chi connectivity index (χ0) is 15.9. The highest BCUT2D eigenvalue weighted by atomic mass is 127. The second-order valence-electron chi connectivity index (χ2n) is 6.79. The van der Waals surface area contributed by atoms with Gasteiger partial charge in [0.25, 0.3) is 0 Å². The molecule has 0 amide bonds. The lowest BCUT2D eigenvalue weighted by molar-refractivity contribution is 0.481. The van der Waals surface area contributed by atoms with Crippen LogP contribution in [-0.2, 0) is 19.5 Å². The molecule has 7 heteroatoms. The predicted octanol–water partition coefficient (Wildman–Crippen LogP) is 2.87.